The Kier molecular flexibility index (Phi) is 3.47. The van der Waals surface area contributed by atoms with Crippen LogP contribution in [0.4, 0.5) is 10.5 Å². The zero-order valence-electron chi connectivity index (χ0n) is 9.84. The fraction of sp³-hybridized carbons (Fsp3) is 0.167. The number of carbonyl (C=O) groups excluding carboxylic acids is 1. The number of carbonyl (C=O) groups is 1. The van der Waals surface area contributed by atoms with Crippen LogP contribution in [0, 0.1) is 0 Å². The molecule has 0 saturated carbocycles. The summed E-state index contributed by atoms with van der Waals surface area (Å²) in [6.07, 6.45) is 3.09. The molecule has 0 saturated heterocycles. The molecule has 18 heavy (non-hydrogen) atoms. The fourth-order valence-corrected chi connectivity index (χ4v) is 1.42. The van der Waals surface area contributed by atoms with Gasteiger partial charge in [-0.05, 0) is 18.2 Å². The van der Waals surface area contributed by atoms with Crippen molar-refractivity contribution in [2.24, 2.45) is 7.05 Å². The molecule has 2 aromatic rings. The van der Waals surface area contributed by atoms with Gasteiger partial charge in [-0.3, -0.25) is 4.79 Å². The fourth-order valence-electron chi connectivity index (χ4n) is 1.42. The summed E-state index contributed by atoms with van der Waals surface area (Å²) in [6.45, 7) is 0.310. The molecule has 0 spiro atoms. The quantitative estimate of drug-likeness (QED) is 0.858. The van der Waals surface area contributed by atoms with E-state index in [9.17, 15) is 9.59 Å². The second-order valence-electron chi connectivity index (χ2n) is 3.75. The molecule has 0 aliphatic carbocycles. The number of amides is 2. The first kappa shape index (κ1) is 12.0. The van der Waals surface area contributed by atoms with Crippen LogP contribution in [0.5, 0.6) is 0 Å². The predicted octanol–water partition coefficient (Wildman–Crippen LogP) is 1.30. The van der Waals surface area contributed by atoms with E-state index in [1.54, 1.807) is 37.7 Å². The Morgan fingerprint density at radius 1 is 1.39 bits per heavy atom. The van der Waals surface area contributed by atoms with Crippen LogP contribution in [0.25, 0.3) is 0 Å². The largest absolute Gasteiger partial charge is 0.467 e. The lowest BCUT2D eigenvalue weighted by molar-refractivity contribution is 0.251. The smallest absolute Gasteiger partial charge is 0.319 e. The summed E-state index contributed by atoms with van der Waals surface area (Å²) >= 11 is 0. The average Bonchev–Trinajstić information content (AvgIpc) is 2.84. The maximum atomic E-state index is 11.6. The highest BCUT2D eigenvalue weighted by Gasteiger charge is 2.03. The Balaban J connectivity index is 1.90. The molecule has 2 amide bonds. The minimum Gasteiger partial charge on any atom is -0.467 e. The molecule has 0 aromatic carbocycles. The Morgan fingerprint density at radius 2 is 2.22 bits per heavy atom. The lowest BCUT2D eigenvalue weighted by Gasteiger charge is -2.07. The van der Waals surface area contributed by atoms with Gasteiger partial charge >= 0.3 is 6.03 Å². The summed E-state index contributed by atoms with van der Waals surface area (Å²) in [5.74, 6) is 0.672. The van der Waals surface area contributed by atoms with Crippen molar-refractivity contribution >= 4 is 11.7 Å². The third kappa shape index (κ3) is 3.00. The van der Waals surface area contributed by atoms with Crippen molar-refractivity contribution in [1.82, 2.24) is 9.88 Å². The zero-order valence-corrected chi connectivity index (χ0v) is 9.84. The molecule has 6 heteroatoms. The number of anilines is 1. The van der Waals surface area contributed by atoms with E-state index in [1.807, 2.05) is 0 Å². The summed E-state index contributed by atoms with van der Waals surface area (Å²) in [7, 11) is 1.62. The number of nitrogens with zero attached hydrogens (tertiary/aromatic N) is 1. The summed E-state index contributed by atoms with van der Waals surface area (Å²) in [6, 6.07) is 6.11. The minimum atomic E-state index is -0.356. The van der Waals surface area contributed by atoms with E-state index in [4.69, 9.17) is 4.42 Å². The van der Waals surface area contributed by atoms with Crippen molar-refractivity contribution in [2.45, 2.75) is 6.54 Å². The van der Waals surface area contributed by atoms with E-state index in [2.05, 4.69) is 10.6 Å². The van der Waals surface area contributed by atoms with E-state index in [1.165, 1.54) is 10.6 Å². The maximum absolute atomic E-state index is 11.6. The highest BCUT2D eigenvalue weighted by Crippen LogP contribution is 2.03. The van der Waals surface area contributed by atoms with Crippen molar-refractivity contribution in [3.63, 3.8) is 0 Å². The van der Waals surface area contributed by atoms with Crippen molar-refractivity contribution in [1.29, 1.82) is 0 Å². The monoisotopic (exact) mass is 247 g/mol. The number of aromatic nitrogens is 1. The molecule has 2 heterocycles. The third-order valence-electron chi connectivity index (χ3n) is 2.35. The molecule has 6 nitrogen and oxygen atoms in total. The average molecular weight is 247 g/mol. The second-order valence-corrected chi connectivity index (χ2v) is 3.75. The van der Waals surface area contributed by atoms with Gasteiger partial charge in [0, 0.05) is 19.3 Å². The Morgan fingerprint density at radius 3 is 2.89 bits per heavy atom. The van der Waals surface area contributed by atoms with Gasteiger partial charge in [0.2, 0.25) is 5.56 Å². The molecule has 0 atom stereocenters. The number of aryl methyl sites for hydroxylation is 1. The van der Waals surface area contributed by atoms with Crippen LogP contribution in [0.1, 0.15) is 5.76 Å². The van der Waals surface area contributed by atoms with Gasteiger partial charge < -0.3 is 19.6 Å². The van der Waals surface area contributed by atoms with Gasteiger partial charge in [0.05, 0.1) is 18.5 Å². The Bertz CT molecular complexity index is 587. The van der Waals surface area contributed by atoms with Crippen LogP contribution in [0.15, 0.2) is 45.9 Å². The number of hydrogen-bond donors (Lipinski definition) is 2. The summed E-state index contributed by atoms with van der Waals surface area (Å²) < 4.78 is 6.47. The maximum Gasteiger partial charge on any atom is 0.319 e. The van der Waals surface area contributed by atoms with Gasteiger partial charge in [-0.15, -0.1) is 0 Å². The van der Waals surface area contributed by atoms with Crippen molar-refractivity contribution < 1.29 is 9.21 Å². The van der Waals surface area contributed by atoms with Crippen molar-refractivity contribution in [2.75, 3.05) is 5.32 Å². The minimum absolute atomic E-state index is 0.128. The van der Waals surface area contributed by atoms with Gasteiger partial charge in [-0.2, -0.15) is 0 Å². The summed E-state index contributed by atoms with van der Waals surface area (Å²) in [4.78, 5) is 22.7. The number of furan rings is 1. The van der Waals surface area contributed by atoms with Gasteiger partial charge in [-0.1, -0.05) is 0 Å². The van der Waals surface area contributed by atoms with Crippen molar-refractivity contribution in [3.05, 3.63) is 52.8 Å². The van der Waals surface area contributed by atoms with E-state index in [-0.39, 0.29) is 11.6 Å². The van der Waals surface area contributed by atoms with E-state index in [0.717, 1.165) is 0 Å². The lowest BCUT2D eigenvalue weighted by atomic mass is 10.4. The standard InChI is InChI=1S/C12H13N3O3/c1-15-8-9(4-5-11(15)16)14-12(17)13-7-10-3-2-6-18-10/h2-6,8H,7H2,1H3,(H2,13,14,17). The van der Waals surface area contributed by atoms with E-state index in [0.29, 0.717) is 18.0 Å². The Labute approximate surface area is 103 Å². The van der Waals surface area contributed by atoms with E-state index < -0.39 is 0 Å². The number of rotatable bonds is 3. The molecular formula is C12H13N3O3. The molecule has 0 radical (unpaired) electrons. The second kappa shape index (κ2) is 5.22. The number of nitrogens with one attached hydrogen (secondary N) is 2. The molecule has 0 fully saturated rings. The molecule has 0 bridgehead atoms. The Hall–Kier alpha value is -2.50. The van der Waals surface area contributed by atoms with Gasteiger partial charge in [0.25, 0.3) is 0 Å². The van der Waals surface area contributed by atoms with E-state index >= 15 is 0 Å². The molecule has 2 N–H and O–H groups in total. The first-order chi connectivity index (χ1) is 8.65. The number of pyridine rings is 1. The summed E-state index contributed by atoms with van der Waals surface area (Å²) in [5, 5.41) is 5.26. The van der Waals surface area contributed by atoms with Crippen molar-refractivity contribution in [3.8, 4) is 0 Å². The lowest BCUT2D eigenvalue weighted by Crippen LogP contribution is -2.28. The third-order valence-corrected chi connectivity index (χ3v) is 2.35. The van der Waals surface area contributed by atoms with Gasteiger partial charge in [-0.25, -0.2) is 4.79 Å². The molecule has 0 aliphatic rings. The first-order valence-electron chi connectivity index (χ1n) is 5.39. The van der Waals surface area contributed by atoms with Crippen LogP contribution in [-0.2, 0) is 13.6 Å². The number of urea groups is 1. The molecule has 2 rings (SSSR count). The topological polar surface area (TPSA) is 76.3 Å². The van der Waals surface area contributed by atoms with Gasteiger partial charge in [0.1, 0.15) is 5.76 Å². The van der Waals surface area contributed by atoms with Crippen LogP contribution in [-0.4, -0.2) is 10.6 Å². The SMILES string of the molecule is Cn1cc(NC(=O)NCc2ccco2)ccc1=O. The molecule has 2 aromatic heterocycles. The molecule has 0 unspecified atom stereocenters. The summed E-state index contributed by atoms with van der Waals surface area (Å²) in [5.41, 5.74) is 0.422. The zero-order chi connectivity index (χ0) is 13.0. The van der Waals surface area contributed by atoms with Crippen LogP contribution in [0.2, 0.25) is 0 Å². The van der Waals surface area contributed by atoms with Crippen LogP contribution in [0.3, 0.4) is 0 Å². The first-order valence-corrected chi connectivity index (χ1v) is 5.39. The molecule has 0 aliphatic heterocycles. The van der Waals surface area contributed by atoms with Gasteiger partial charge in [0.15, 0.2) is 0 Å². The number of hydrogen-bond acceptors (Lipinski definition) is 3. The molecule has 94 valence electrons. The van der Waals surface area contributed by atoms with Crippen LogP contribution < -0.4 is 16.2 Å². The highest BCUT2D eigenvalue weighted by molar-refractivity contribution is 5.88. The molecular weight excluding hydrogens is 234 g/mol. The van der Waals surface area contributed by atoms with Crippen LogP contribution >= 0.6 is 0 Å². The predicted molar refractivity (Wildman–Crippen MR) is 66.2 cm³/mol. The highest BCUT2D eigenvalue weighted by atomic mass is 16.3. The normalized spacial score (nSPS) is 10.1.